The maximum atomic E-state index is 12.2. The molecule has 1 amide bonds. The molecule has 0 unspecified atom stereocenters. The summed E-state index contributed by atoms with van der Waals surface area (Å²) in [6.07, 6.45) is 0. The first-order valence-corrected chi connectivity index (χ1v) is 7.28. The second-order valence-corrected chi connectivity index (χ2v) is 4.82. The van der Waals surface area contributed by atoms with Crippen molar-refractivity contribution in [2.75, 3.05) is 25.6 Å². The van der Waals surface area contributed by atoms with Crippen LogP contribution in [0.2, 0.25) is 0 Å². The topological polar surface area (TPSA) is 59.6 Å². The molecule has 0 atom stereocenters. The fourth-order valence-corrected chi connectivity index (χ4v) is 2.03. The van der Waals surface area contributed by atoms with Crippen LogP contribution >= 0.6 is 0 Å². The lowest BCUT2D eigenvalue weighted by Crippen LogP contribution is -2.27. The van der Waals surface area contributed by atoms with Gasteiger partial charge < -0.3 is 20.1 Å². The number of nitrogens with one attached hydrogen (secondary N) is 2. The predicted octanol–water partition coefficient (Wildman–Crippen LogP) is 3.41. The summed E-state index contributed by atoms with van der Waals surface area (Å²) in [7, 11) is 1.56. The molecule has 2 rings (SSSR count). The van der Waals surface area contributed by atoms with Gasteiger partial charge in [0.15, 0.2) is 0 Å². The van der Waals surface area contributed by atoms with E-state index in [2.05, 4.69) is 15.4 Å². The van der Waals surface area contributed by atoms with Crippen LogP contribution in [0.1, 0.15) is 10.4 Å². The molecule has 2 aromatic rings. The van der Waals surface area contributed by atoms with Crippen molar-refractivity contribution >= 4 is 17.3 Å². The first kappa shape index (κ1) is 17.7. The highest BCUT2D eigenvalue weighted by Gasteiger charge is 2.11. The van der Waals surface area contributed by atoms with E-state index in [1.165, 1.54) is 12.1 Å². The number of para-hydroxylation sites is 1. The Balaban J connectivity index is 2.08. The lowest BCUT2D eigenvalue weighted by Gasteiger charge is -2.13. The lowest BCUT2D eigenvalue weighted by molar-refractivity contribution is -0.0498. The van der Waals surface area contributed by atoms with Crippen molar-refractivity contribution in [1.82, 2.24) is 5.32 Å². The minimum Gasteiger partial charge on any atom is -0.435 e. The summed E-state index contributed by atoms with van der Waals surface area (Å²) >= 11 is 0. The van der Waals surface area contributed by atoms with Gasteiger partial charge in [0.25, 0.3) is 5.91 Å². The van der Waals surface area contributed by atoms with Crippen LogP contribution < -0.4 is 15.4 Å². The SMILES string of the molecule is COCCNC(=O)c1ccccc1Nc1ccc(OC(F)F)cc1. The van der Waals surface area contributed by atoms with E-state index in [1.807, 2.05) is 0 Å². The first-order valence-electron chi connectivity index (χ1n) is 7.28. The minimum atomic E-state index is -2.86. The number of benzene rings is 2. The molecular formula is C17H18F2N2O3. The summed E-state index contributed by atoms with van der Waals surface area (Å²) in [5.41, 5.74) is 1.73. The Hall–Kier alpha value is -2.67. The van der Waals surface area contributed by atoms with E-state index >= 15 is 0 Å². The molecule has 2 N–H and O–H groups in total. The molecule has 0 bridgehead atoms. The number of anilines is 2. The molecule has 0 saturated carbocycles. The third-order valence-electron chi connectivity index (χ3n) is 3.12. The van der Waals surface area contributed by atoms with Crippen molar-refractivity contribution in [3.63, 3.8) is 0 Å². The van der Waals surface area contributed by atoms with Crippen LogP contribution in [0.25, 0.3) is 0 Å². The Morgan fingerprint density at radius 1 is 1.12 bits per heavy atom. The third kappa shape index (κ3) is 5.20. The van der Waals surface area contributed by atoms with Gasteiger partial charge in [-0.25, -0.2) is 0 Å². The number of hydrogen-bond donors (Lipinski definition) is 2. The molecule has 0 heterocycles. The highest BCUT2D eigenvalue weighted by atomic mass is 19.3. The van der Waals surface area contributed by atoms with Crippen LogP contribution in [0.4, 0.5) is 20.2 Å². The third-order valence-corrected chi connectivity index (χ3v) is 3.12. The average molecular weight is 336 g/mol. The van der Waals surface area contributed by atoms with Crippen molar-refractivity contribution in [1.29, 1.82) is 0 Å². The Morgan fingerprint density at radius 2 is 1.83 bits per heavy atom. The number of alkyl halides is 2. The van der Waals surface area contributed by atoms with E-state index in [-0.39, 0.29) is 11.7 Å². The van der Waals surface area contributed by atoms with Gasteiger partial charge in [0.2, 0.25) is 0 Å². The zero-order chi connectivity index (χ0) is 17.4. The molecule has 2 aromatic carbocycles. The van der Waals surface area contributed by atoms with Crippen molar-refractivity contribution in [2.45, 2.75) is 6.61 Å². The molecule has 7 heteroatoms. The maximum absolute atomic E-state index is 12.2. The zero-order valence-electron chi connectivity index (χ0n) is 13.1. The predicted molar refractivity (Wildman–Crippen MR) is 87.0 cm³/mol. The van der Waals surface area contributed by atoms with Crippen LogP contribution in [0.5, 0.6) is 5.75 Å². The molecule has 0 aromatic heterocycles. The minimum absolute atomic E-state index is 0.0705. The molecule has 0 aliphatic heterocycles. The highest BCUT2D eigenvalue weighted by molar-refractivity contribution is 6.00. The van der Waals surface area contributed by atoms with Crippen molar-refractivity contribution in [2.24, 2.45) is 0 Å². The summed E-state index contributed by atoms with van der Waals surface area (Å²) in [5, 5.41) is 5.84. The summed E-state index contributed by atoms with van der Waals surface area (Å²) < 4.78 is 33.5. The molecule has 128 valence electrons. The molecule has 5 nitrogen and oxygen atoms in total. The zero-order valence-corrected chi connectivity index (χ0v) is 13.1. The molecule has 0 spiro atoms. The molecule has 0 aliphatic rings. The number of rotatable bonds is 8. The summed E-state index contributed by atoms with van der Waals surface area (Å²) in [6, 6.07) is 13.0. The van der Waals surface area contributed by atoms with Crippen molar-refractivity contribution in [3.05, 3.63) is 54.1 Å². The molecule has 0 saturated heterocycles. The Labute approximate surface area is 138 Å². The van der Waals surface area contributed by atoms with Crippen LogP contribution in [0, 0.1) is 0 Å². The number of methoxy groups -OCH3 is 1. The van der Waals surface area contributed by atoms with Crippen LogP contribution in [-0.2, 0) is 4.74 Å². The van der Waals surface area contributed by atoms with Gasteiger partial charge in [-0.1, -0.05) is 12.1 Å². The lowest BCUT2D eigenvalue weighted by atomic mass is 10.1. The van der Waals surface area contributed by atoms with E-state index in [4.69, 9.17) is 4.74 Å². The van der Waals surface area contributed by atoms with Gasteiger partial charge in [-0.2, -0.15) is 8.78 Å². The first-order chi connectivity index (χ1) is 11.6. The quantitative estimate of drug-likeness (QED) is 0.725. The van der Waals surface area contributed by atoms with E-state index < -0.39 is 6.61 Å². The van der Waals surface area contributed by atoms with Gasteiger partial charge in [0.1, 0.15) is 5.75 Å². The van der Waals surface area contributed by atoms with Crippen LogP contribution in [0.15, 0.2) is 48.5 Å². The maximum Gasteiger partial charge on any atom is 0.387 e. The Bertz CT molecular complexity index is 663. The Morgan fingerprint density at radius 3 is 2.50 bits per heavy atom. The molecule has 0 radical (unpaired) electrons. The molecule has 0 aliphatic carbocycles. The smallest absolute Gasteiger partial charge is 0.387 e. The highest BCUT2D eigenvalue weighted by Crippen LogP contribution is 2.23. The number of ether oxygens (including phenoxy) is 2. The van der Waals surface area contributed by atoms with Gasteiger partial charge >= 0.3 is 6.61 Å². The Kier molecular flexibility index (Phi) is 6.51. The van der Waals surface area contributed by atoms with Crippen LogP contribution in [-0.4, -0.2) is 32.8 Å². The number of amides is 1. The monoisotopic (exact) mass is 336 g/mol. The van der Waals surface area contributed by atoms with Crippen LogP contribution in [0.3, 0.4) is 0 Å². The number of halogens is 2. The summed E-state index contributed by atoms with van der Waals surface area (Å²) in [6.45, 7) is -2.03. The van der Waals surface area contributed by atoms with E-state index in [1.54, 1.807) is 43.5 Å². The molecular weight excluding hydrogens is 318 g/mol. The standard InChI is InChI=1S/C17H18F2N2O3/c1-23-11-10-20-16(22)14-4-2-3-5-15(14)21-12-6-8-13(9-7-12)24-17(18)19/h2-9,17,21H,10-11H2,1H3,(H,20,22). The summed E-state index contributed by atoms with van der Waals surface area (Å²) in [5.74, 6) is -0.158. The van der Waals surface area contributed by atoms with Gasteiger partial charge in [0.05, 0.1) is 17.9 Å². The normalized spacial score (nSPS) is 10.5. The van der Waals surface area contributed by atoms with E-state index in [9.17, 15) is 13.6 Å². The van der Waals surface area contributed by atoms with Gasteiger partial charge in [-0.05, 0) is 36.4 Å². The second kappa shape index (κ2) is 8.83. The number of hydrogen-bond acceptors (Lipinski definition) is 4. The summed E-state index contributed by atoms with van der Waals surface area (Å²) in [4.78, 5) is 12.2. The van der Waals surface area contributed by atoms with E-state index in [0.29, 0.717) is 30.1 Å². The van der Waals surface area contributed by atoms with Gasteiger partial charge in [-0.15, -0.1) is 0 Å². The number of carbonyl (C=O) groups is 1. The van der Waals surface area contributed by atoms with Crippen molar-refractivity contribution in [3.8, 4) is 5.75 Å². The fourth-order valence-electron chi connectivity index (χ4n) is 2.03. The largest absolute Gasteiger partial charge is 0.435 e. The molecule has 24 heavy (non-hydrogen) atoms. The average Bonchev–Trinajstić information content (AvgIpc) is 2.57. The second-order valence-electron chi connectivity index (χ2n) is 4.82. The van der Waals surface area contributed by atoms with E-state index in [0.717, 1.165) is 0 Å². The molecule has 0 fully saturated rings. The fraction of sp³-hybridized carbons (Fsp3) is 0.235. The number of carbonyl (C=O) groups excluding carboxylic acids is 1. The van der Waals surface area contributed by atoms with Crippen molar-refractivity contribution < 1.29 is 23.0 Å². The van der Waals surface area contributed by atoms with Gasteiger partial charge in [0, 0.05) is 19.3 Å². The van der Waals surface area contributed by atoms with Gasteiger partial charge in [-0.3, -0.25) is 4.79 Å².